The van der Waals surface area contributed by atoms with Gasteiger partial charge in [-0.05, 0) is 38.8 Å². The maximum atomic E-state index is 6.08. The zero-order chi connectivity index (χ0) is 19.1. The van der Waals surface area contributed by atoms with E-state index in [-0.39, 0.29) is 30.1 Å². The van der Waals surface area contributed by atoms with E-state index < -0.39 is 0 Å². The summed E-state index contributed by atoms with van der Waals surface area (Å²) in [5, 5.41) is 7.51. The van der Waals surface area contributed by atoms with Crippen molar-refractivity contribution < 1.29 is 9.26 Å². The van der Waals surface area contributed by atoms with Crippen molar-refractivity contribution in [2.45, 2.75) is 45.6 Å². The average molecular weight is 498 g/mol. The van der Waals surface area contributed by atoms with Crippen LogP contribution in [0.5, 0.6) is 5.75 Å². The van der Waals surface area contributed by atoms with Crippen molar-refractivity contribution in [2.75, 3.05) is 26.7 Å². The van der Waals surface area contributed by atoms with Crippen LogP contribution in [0.2, 0.25) is 0 Å². The molecule has 0 atom stereocenters. The number of aryl methyl sites for hydroxylation is 2. The second-order valence-electron chi connectivity index (χ2n) is 7.00. The zero-order valence-corrected chi connectivity index (χ0v) is 19.3. The first-order chi connectivity index (χ1) is 13.2. The Hall–Kier alpha value is -1.77. The third-order valence-corrected chi connectivity index (χ3v) is 5.07. The van der Waals surface area contributed by atoms with Gasteiger partial charge in [0, 0.05) is 45.1 Å². The minimum absolute atomic E-state index is 0. The van der Waals surface area contributed by atoms with Crippen molar-refractivity contribution in [3.8, 4) is 5.75 Å². The first-order valence-corrected chi connectivity index (χ1v) is 9.76. The van der Waals surface area contributed by atoms with Gasteiger partial charge in [-0.2, -0.15) is 0 Å². The SMILES string of the molecule is CN=C(NCCCc1c(C)noc1C)N1CCC(Oc2ccccc2)CC1.I. The number of hydrogen-bond donors (Lipinski definition) is 1. The van der Waals surface area contributed by atoms with Crippen LogP contribution in [0.3, 0.4) is 0 Å². The molecule has 1 N–H and O–H groups in total. The molecule has 0 unspecified atom stereocenters. The van der Waals surface area contributed by atoms with Crippen LogP contribution in [0.25, 0.3) is 0 Å². The molecule has 1 fully saturated rings. The van der Waals surface area contributed by atoms with Crippen LogP contribution >= 0.6 is 24.0 Å². The van der Waals surface area contributed by atoms with Gasteiger partial charge < -0.3 is 19.5 Å². The smallest absolute Gasteiger partial charge is 0.193 e. The topological polar surface area (TPSA) is 62.9 Å². The van der Waals surface area contributed by atoms with Crippen LogP contribution in [0.4, 0.5) is 0 Å². The van der Waals surface area contributed by atoms with Crippen molar-refractivity contribution in [1.82, 2.24) is 15.4 Å². The second kappa shape index (κ2) is 11.3. The third-order valence-electron chi connectivity index (χ3n) is 5.07. The van der Waals surface area contributed by atoms with Gasteiger partial charge in [-0.25, -0.2) is 0 Å². The van der Waals surface area contributed by atoms with Gasteiger partial charge in [0.15, 0.2) is 5.96 Å². The summed E-state index contributed by atoms with van der Waals surface area (Å²) in [7, 11) is 1.85. The number of nitrogens with one attached hydrogen (secondary N) is 1. The minimum atomic E-state index is 0. The predicted molar refractivity (Wildman–Crippen MR) is 123 cm³/mol. The molecule has 0 spiro atoms. The predicted octanol–water partition coefficient (Wildman–Crippen LogP) is 3.96. The molecule has 1 saturated heterocycles. The molecular formula is C21H31IN4O2. The van der Waals surface area contributed by atoms with Gasteiger partial charge in [0.1, 0.15) is 17.6 Å². The highest BCUT2D eigenvalue weighted by Crippen LogP contribution is 2.19. The van der Waals surface area contributed by atoms with Gasteiger partial charge in [-0.15, -0.1) is 24.0 Å². The lowest BCUT2D eigenvalue weighted by atomic mass is 10.1. The van der Waals surface area contributed by atoms with E-state index >= 15 is 0 Å². The summed E-state index contributed by atoms with van der Waals surface area (Å²) < 4.78 is 11.3. The fraction of sp³-hybridized carbons (Fsp3) is 0.524. The molecular weight excluding hydrogens is 467 g/mol. The summed E-state index contributed by atoms with van der Waals surface area (Å²) in [6, 6.07) is 10.1. The number of hydrogen-bond acceptors (Lipinski definition) is 4. The Bertz CT molecular complexity index is 721. The summed E-state index contributed by atoms with van der Waals surface area (Å²) in [5.41, 5.74) is 2.23. The zero-order valence-electron chi connectivity index (χ0n) is 17.0. The van der Waals surface area contributed by atoms with Crippen LogP contribution in [0.1, 0.15) is 36.3 Å². The molecule has 0 saturated carbocycles. The Labute approximate surface area is 184 Å². The van der Waals surface area contributed by atoms with Gasteiger partial charge in [-0.1, -0.05) is 23.4 Å². The van der Waals surface area contributed by atoms with E-state index in [2.05, 4.69) is 20.4 Å². The fourth-order valence-electron chi connectivity index (χ4n) is 3.53. The van der Waals surface area contributed by atoms with Gasteiger partial charge in [-0.3, -0.25) is 4.99 Å². The van der Waals surface area contributed by atoms with Crippen molar-refractivity contribution in [1.29, 1.82) is 0 Å². The van der Waals surface area contributed by atoms with Gasteiger partial charge in [0.25, 0.3) is 0 Å². The molecule has 0 radical (unpaired) electrons. The first kappa shape index (κ1) is 22.5. The summed E-state index contributed by atoms with van der Waals surface area (Å²) in [6.07, 6.45) is 4.29. The van der Waals surface area contributed by atoms with E-state index in [9.17, 15) is 0 Å². The number of likely N-dealkylation sites (tertiary alicyclic amines) is 1. The quantitative estimate of drug-likeness (QED) is 0.283. The maximum absolute atomic E-state index is 6.08. The number of piperidine rings is 1. The highest BCUT2D eigenvalue weighted by molar-refractivity contribution is 14.0. The summed E-state index contributed by atoms with van der Waals surface area (Å²) >= 11 is 0. The van der Waals surface area contributed by atoms with Crippen molar-refractivity contribution >= 4 is 29.9 Å². The first-order valence-electron chi connectivity index (χ1n) is 9.76. The Morgan fingerprint density at radius 1 is 1.25 bits per heavy atom. The van der Waals surface area contributed by atoms with Crippen LogP contribution < -0.4 is 10.1 Å². The number of guanidine groups is 1. The number of ether oxygens (including phenoxy) is 1. The van der Waals surface area contributed by atoms with E-state index in [0.29, 0.717) is 0 Å². The maximum Gasteiger partial charge on any atom is 0.193 e. The summed E-state index contributed by atoms with van der Waals surface area (Å²) in [5.74, 6) is 2.86. The molecule has 1 aliphatic rings. The fourth-order valence-corrected chi connectivity index (χ4v) is 3.53. The lowest BCUT2D eigenvalue weighted by Gasteiger charge is -2.34. The largest absolute Gasteiger partial charge is 0.490 e. The third kappa shape index (κ3) is 6.12. The van der Waals surface area contributed by atoms with E-state index in [1.807, 2.05) is 51.2 Å². The summed E-state index contributed by atoms with van der Waals surface area (Å²) in [4.78, 5) is 6.77. The van der Waals surface area contributed by atoms with E-state index in [4.69, 9.17) is 9.26 Å². The highest BCUT2D eigenvalue weighted by atomic mass is 127. The Kier molecular flexibility index (Phi) is 9.08. The van der Waals surface area contributed by atoms with Gasteiger partial charge >= 0.3 is 0 Å². The molecule has 3 rings (SSSR count). The highest BCUT2D eigenvalue weighted by Gasteiger charge is 2.22. The van der Waals surface area contributed by atoms with Crippen molar-refractivity contribution in [2.24, 2.45) is 4.99 Å². The molecule has 1 aromatic heterocycles. The minimum Gasteiger partial charge on any atom is -0.490 e. The molecule has 0 aliphatic carbocycles. The van der Waals surface area contributed by atoms with Crippen LogP contribution in [-0.4, -0.2) is 48.8 Å². The Morgan fingerprint density at radius 2 is 1.96 bits per heavy atom. The monoisotopic (exact) mass is 498 g/mol. The van der Waals surface area contributed by atoms with Crippen LogP contribution in [-0.2, 0) is 6.42 Å². The molecule has 7 heteroatoms. The number of benzene rings is 1. The molecule has 154 valence electrons. The standard InChI is InChI=1S/C21H30N4O2.HI/c1-16-20(17(2)27-24-16)10-7-13-23-21(22-3)25-14-11-19(12-15-25)26-18-8-5-4-6-9-18;/h4-6,8-9,19H,7,10-15H2,1-3H3,(H,22,23);1H. The average Bonchev–Trinajstić information content (AvgIpc) is 3.01. The number of halogens is 1. The van der Waals surface area contributed by atoms with Gasteiger partial charge in [0.2, 0.25) is 0 Å². The molecule has 0 bridgehead atoms. The van der Waals surface area contributed by atoms with Crippen LogP contribution in [0, 0.1) is 13.8 Å². The lowest BCUT2D eigenvalue weighted by molar-refractivity contribution is 0.129. The molecule has 1 aromatic carbocycles. The van der Waals surface area contributed by atoms with E-state index in [1.54, 1.807) is 0 Å². The molecule has 1 aliphatic heterocycles. The Balaban J connectivity index is 0.00000280. The Morgan fingerprint density at radius 3 is 2.57 bits per heavy atom. The molecule has 0 amide bonds. The van der Waals surface area contributed by atoms with Crippen LogP contribution in [0.15, 0.2) is 39.8 Å². The number of aliphatic imine (C=N–C) groups is 1. The van der Waals surface area contributed by atoms with E-state index in [1.165, 1.54) is 5.56 Å². The van der Waals surface area contributed by atoms with Crippen molar-refractivity contribution in [3.63, 3.8) is 0 Å². The molecule has 2 aromatic rings. The molecule has 6 nitrogen and oxygen atoms in total. The van der Waals surface area contributed by atoms with Gasteiger partial charge in [0.05, 0.1) is 5.69 Å². The van der Waals surface area contributed by atoms with E-state index in [0.717, 1.165) is 68.5 Å². The number of nitrogens with zero attached hydrogens (tertiary/aromatic N) is 3. The van der Waals surface area contributed by atoms with Crippen molar-refractivity contribution in [3.05, 3.63) is 47.3 Å². The number of aromatic nitrogens is 1. The molecule has 2 heterocycles. The second-order valence-corrected chi connectivity index (χ2v) is 7.00. The summed E-state index contributed by atoms with van der Waals surface area (Å²) in [6.45, 7) is 6.78. The molecule has 28 heavy (non-hydrogen) atoms. The number of para-hydroxylation sites is 1. The number of rotatable bonds is 6. The lowest BCUT2D eigenvalue weighted by Crippen LogP contribution is -2.47. The normalized spacial score (nSPS) is 15.2.